The third kappa shape index (κ3) is 5.37. The summed E-state index contributed by atoms with van der Waals surface area (Å²) in [5.74, 6) is 1.56. The lowest BCUT2D eigenvalue weighted by atomic mass is 9.74. The normalized spacial score (nSPS) is 22.6. The first-order valence-electron chi connectivity index (χ1n) is 10.0. The number of nitrogens with zero attached hydrogens (tertiary/aromatic N) is 2. The fourth-order valence-corrected chi connectivity index (χ4v) is 4.21. The molecule has 0 amide bonds. The van der Waals surface area contributed by atoms with Crippen LogP contribution in [0.25, 0.3) is 0 Å². The number of benzene rings is 1. The van der Waals surface area contributed by atoms with Gasteiger partial charge in [0, 0.05) is 56.3 Å². The zero-order valence-electron chi connectivity index (χ0n) is 16.5. The molecule has 0 saturated carbocycles. The first kappa shape index (κ1) is 20.4. The van der Waals surface area contributed by atoms with E-state index >= 15 is 0 Å². The van der Waals surface area contributed by atoms with Gasteiger partial charge in [-0.3, -0.25) is 4.99 Å². The van der Waals surface area contributed by atoms with Gasteiger partial charge in [0.15, 0.2) is 5.96 Å². The second-order valence-electron chi connectivity index (χ2n) is 7.68. The first-order valence-corrected chi connectivity index (χ1v) is 10.4. The van der Waals surface area contributed by atoms with E-state index in [9.17, 15) is 0 Å². The van der Waals surface area contributed by atoms with Crippen LogP contribution < -0.4 is 5.32 Å². The Morgan fingerprint density at radius 1 is 1.30 bits per heavy atom. The van der Waals surface area contributed by atoms with Gasteiger partial charge in [0.2, 0.25) is 0 Å². The lowest BCUT2D eigenvalue weighted by molar-refractivity contribution is 0.0530. The van der Waals surface area contributed by atoms with Gasteiger partial charge in [-0.1, -0.05) is 23.7 Å². The standard InChI is InChI=1S/C21H32ClN3O2/c1-3-23-20(25(2)14-17-7-10-27-15-17)24-16-21(8-11-26-12-9-21)18-5-4-6-19(22)13-18/h4-6,13,17H,3,7-12,14-16H2,1-2H3,(H,23,24). The average Bonchev–Trinajstić information content (AvgIpc) is 3.19. The van der Waals surface area contributed by atoms with Crippen molar-refractivity contribution in [2.45, 2.75) is 31.6 Å². The van der Waals surface area contributed by atoms with Crippen LogP contribution in [0, 0.1) is 5.92 Å². The molecule has 2 heterocycles. The lowest BCUT2D eigenvalue weighted by Crippen LogP contribution is -2.43. The van der Waals surface area contributed by atoms with Crippen LogP contribution in [0.3, 0.4) is 0 Å². The number of rotatable bonds is 6. The molecule has 0 radical (unpaired) electrons. The molecule has 1 N–H and O–H groups in total. The lowest BCUT2D eigenvalue weighted by Gasteiger charge is -2.37. The van der Waals surface area contributed by atoms with Crippen molar-refractivity contribution in [3.63, 3.8) is 0 Å². The van der Waals surface area contributed by atoms with Crippen molar-refractivity contribution in [1.29, 1.82) is 0 Å². The first-order chi connectivity index (χ1) is 13.1. The van der Waals surface area contributed by atoms with Gasteiger partial charge < -0.3 is 19.7 Å². The Bertz CT molecular complexity index is 626. The largest absolute Gasteiger partial charge is 0.381 e. The van der Waals surface area contributed by atoms with E-state index in [0.29, 0.717) is 5.92 Å². The molecule has 0 aliphatic carbocycles. The number of aliphatic imine (C=N–C) groups is 1. The average molecular weight is 394 g/mol. The Balaban J connectivity index is 1.77. The van der Waals surface area contributed by atoms with E-state index in [4.69, 9.17) is 26.1 Å². The summed E-state index contributed by atoms with van der Waals surface area (Å²) >= 11 is 6.28. The molecule has 1 unspecified atom stereocenters. The maximum atomic E-state index is 6.28. The van der Waals surface area contributed by atoms with Crippen molar-refractivity contribution < 1.29 is 9.47 Å². The zero-order valence-corrected chi connectivity index (χ0v) is 17.3. The Morgan fingerprint density at radius 3 is 2.78 bits per heavy atom. The summed E-state index contributed by atoms with van der Waals surface area (Å²) in [4.78, 5) is 7.29. The predicted octanol–water partition coefficient (Wildman–Crippen LogP) is 3.32. The van der Waals surface area contributed by atoms with E-state index in [2.05, 4.69) is 36.3 Å². The predicted molar refractivity (Wildman–Crippen MR) is 111 cm³/mol. The summed E-state index contributed by atoms with van der Waals surface area (Å²) in [5, 5.41) is 4.24. The number of halogens is 1. The van der Waals surface area contributed by atoms with Gasteiger partial charge >= 0.3 is 0 Å². The molecule has 0 bridgehead atoms. The highest BCUT2D eigenvalue weighted by Gasteiger charge is 2.35. The number of guanidine groups is 1. The van der Waals surface area contributed by atoms with Crippen molar-refractivity contribution in [2.75, 3.05) is 53.1 Å². The van der Waals surface area contributed by atoms with Gasteiger partial charge in [0.1, 0.15) is 0 Å². The molecular formula is C21H32ClN3O2. The number of hydrogen-bond donors (Lipinski definition) is 1. The molecule has 0 spiro atoms. The Kier molecular flexibility index (Phi) is 7.39. The molecule has 2 fully saturated rings. The molecule has 0 aromatic heterocycles. The second kappa shape index (κ2) is 9.76. The highest BCUT2D eigenvalue weighted by molar-refractivity contribution is 6.30. The minimum atomic E-state index is -0.0128. The Labute approximate surface area is 168 Å². The van der Waals surface area contributed by atoms with Gasteiger partial charge in [-0.25, -0.2) is 0 Å². The van der Waals surface area contributed by atoms with Crippen LogP contribution >= 0.6 is 11.6 Å². The monoisotopic (exact) mass is 393 g/mol. The molecule has 3 rings (SSSR count). The molecule has 6 heteroatoms. The summed E-state index contributed by atoms with van der Waals surface area (Å²) in [7, 11) is 2.12. The van der Waals surface area contributed by atoms with E-state index in [1.807, 2.05) is 12.1 Å². The summed E-state index contributed by atoms with van der Waals surface area (Å²) in [6.07, 6.45) is 3.07. The maximum absolute atomic E-state index is 6.28. The van der Waals surface area contributed by atoms with Gasteiger partial charge in [-0.15, -0.1) is 0 Å². The molecule has 1 aromatic rings. The molecule has 150 valence electrons. The van der Waals surface area contributed by atoms with Crippen molar-refractivity contribution >= 4 is 17.6 Å². The van der Waals surface area contributed by atoms with Gasteiger partial charge in [0.25, 0.3) is 0 Å². The highest BCUT2D eigenvalue weighted by atomic mass is 35.5. The maximum Gasteiger partial charge on any atom is 0.193 e. The third-order valence-electron chi connectivity index (χ3n) is 5.67. The summed E-state index contributed by atoms with van der Waals surface area (Å²) in [5.41, 5.74) is 1.26. The third-order valence-corrected chi connectivity index (χ3v) is 5.91. The van der Waals surface area contributed by atoms with Crippen LogP contribution in [-0.4, -0.2) is 64.0 Å². The molecule has 27 heavy (non-hydrogen) atoms. The number of ether oxygens (including phenoxy) is 2. The van der Waals surface area contributed by atoms with Crippen molar-refractivity contribution in [3.8, 4) is 0 Å². The topological polar surface area (TPSA) is 46.1 Å². The van der Waals surface area contributed by atoms with E-state index in [0.717, 1.165) is 76.3 Å². The van der Waals surface area contributed by atoms with Gasteiger partial charge in [-0.2, -0.15) is 0 Å². The summed E-state index contributed by atoms with van der Waals surface area (Å²) in [6.45, 7) is 7.96. The van der Waals surface area contributed by atoms with E-state index in [-0.39, 0.29) is 5.41 Å². The molecular weight excluding hydrogens is 362 g/mol. The molecule has 5 nitrogen and oxygen atoms in total. The molecule has 2 aliphatic heterocycles. The van der Waals surface area contributed by atoms with Crippen LogP contribution in [0.1, 0.15) is 31.7 Å². The van der Waals surface area contributed by atoms with Gasteiger partial charge in [-0.05, 0) is 43.9 Å². The van der Waals surface area contributed by atoms with E-state index in [1.165, 1.54) is 5.56 Å². The Morgan fingerprint density at radius 2 is 2.11 bits per heavy atom. The van der Waals surface area contributed by atoms with Crippen molar-refractivity contribution in [2.24, 2.45) is 10.9 Å². The fourth-order valence-electron chi connectivity index (χ4n) is 4.02. The smallest absolute Gasteiger partial charge is 0.193 e. The van der Waals surface area contributed by atoms with Crippen molar-refractivity contribution in [3.05, 3.63) is 34.9 Å². The molecule has 2 saturated heterocycles. The number of hydrogen-bond acceptors (Lipinski definition) is 3. The minimum absolute atomic E-state index is 0.0128. The van der Waals surface area contributed by atoms with Crippen LogP contribution in [0.15, 0.2) is 29.3 Å². The van der Waals surface area contributed by atoms with Crippen LogP contribution in [0.5, 0.6) is 0 Å². The van der Waals surface area contributed by atoms with Crippen LogP contribution in [0.2, 0.25) is 5.02 Å². The van der Waals surface area contributed by atoms with Crippen molar-refractivity contribution in [1.82, 2.24) is 10.2 Å². The van der Waals surface area contributed by atoms with E-state index < -0.39 is 0 Å². The van der Waals surface area contributed by atoms with Gasteiger partial charge in [0.05, 0.1) is 13.2 Å². The SMILES string of the molecule is CCNC(=NCC1(c2cccc(Cl)c2)CCOCC1)N(C)CC1CCOC1. The summed E-state index contributed by atoms with van der Waals surface area (Å²) < 4.78 is 11.2. The fraction of sp³-hybridized carbons (Fsp3) is 0.667. The summed E-state index contributed by atoms with van der Waals surface area (Å²) in [6, 6.07) is 8.24. The molecule has 2 aliphatic rings. The minimum Gasteiger partial charge on any atom is -0.381 e. The van der Waals surface area contributed by atoms with Crippen LogP contribution in [0.4, 0.5) is 0 Å². The number of nitrogens with one attached hydrogen (secondary N) is 1. The quantitative estimate of drug-likeness (QED) is 0.595. The molecule has 1 aromatic carbocycles. The highest BCUT2D eigenvalue weighted by Crippen LogP contribution is 2.36. The van der Waals surface area contributed by atoms with Crippen LogP contribution in [-0.2, 0) is 14.9 Å². The Hall–Kier alpha value is -1.30. The zero-order chi connectivity index (χ0) is 19.1. The molecule has 1 atom stereocenters. The second-order valence-corrected chi connectivity index (χ2v) is 8.12. The van der Waals surface area contributed by atoms with E-state index in [1.54, 1.807) is 0 Å².